The zero-order chi connectivity index (χ0) is 42.0. The van der Waals surface area contributed by atoms with Crippen LogP contribution in [0.2, 0.25) is 0 Å². The van der Waals surface area contributed by atoms with Gasteiger partial charge in [0.2, 0.25) is 33.7 Å². The molecule has 0 spiro atoms. The number of halogens is 1. The highest BCUT2D eigenvalue weighted by Crippen LogP contribution is 2.42. The Kier molecular flexibility index (Phi) is 11.9. The fourth-order valence-electron chi connectivity index (χ4n) is 8.33. The van der Waals surface area contributed by atoms with Crippen molar-refractivity contribution in [2.45, 2.75) is 63.7 Å². The number of anilines is 3. The second-order valence-corrected chi connectivity index (χ2v) is 18.4. The van der Waals surface area contributed by atoms with E-state index in [1.807, 2.05) is 29.2 Å². The number of pyridine rings is 1. The van der Waals surface area contributed by atoms with Crippen molar-refractivity contribution in [1.82, 2.24) is 30.2 Å². The molecule has 3 aliphatic rings. The lowest BCUT2D eigenvalue weighted by atomic mass is 9.87. The van der Waals surface area contributed by atoms with Crippen LogP contribution in [-0.4, -0.2) is 82.9 Å². The summed E-state index contributed by atoms with van der Waals surface area (Å²) >= 11 is 1.33. The number of nitrogens with one attached hydrogen (secondary N) is 2. The van der Waals surface area contributed by atoms with Gasteiger partial charge < -0.3 is 15.5 Å². The van der Waals surface area contributed by atoms with Crippen molar-refractivity contribution in [1.29, 1.82) is 0 Å². The Morgan fingerprint density at radius 3 is 2.37 bits per heavy atom. The number of amides is 3. The van der Waals surface area contributed by atoms with Crippen molar-refractivity contribution in [3.8, 4) is 32.4 Å². The third-order valence-corrected chi connectivity index (χ3v) is 14.1. The van der Waals surface area contributed by atoms with Crippen LogP contribution in [0.25, 0.3) is 32.4 Å². The van der Waals surface area contributed by atoms with Gasteiger partial charge in [-0.3, -0.25) is 24.4 Å². The number of aromatic nitrogens is 4. The van der Waals surface area contributed by atoms with E-state index >= 15 is 4.39 Å². The first-order valence-corrected chi connectivity index (χ1v) is 22.8. The van der Waals surface area contributed by atoms with Gasteiger partial charge in [0.15, 0.2) is 5.82 Å². The van der Waals surface area contributed by atoms with E-state index in [0.29, 0.717) is 59.5 Å². The van der Waals surface area contributed by atoms with Crippen LogP contribution >= 0.6 is 11.3 Å². The number of nitrogen functional groups attached to an aromatic ring is 1. The maximum Gasteiger partial charge on any atom is 0.234 e. The molecular formula is C43H46FN9O5S2. The minimum atomic E-state index is -3.74. The standard InChI is InChI=1S/C43H46FN9O5S2/c1-2-24-60(57,58)51-33-5-3-4-32(37(33)44)38-39(34-14-19-46-43(45)48-34)59-41(50-38)28-8-6-26(7-9-28)27-15-22-53(23-16-27)42(56)29-17-20-52(21-18-29)35-12-10-30(25-47-35)31-11-13-36(54)49-40(31)55/h3-10,12,14,19,25,27,29,31,51H,2,11,13,15-18,20-24H2,1H3,(H2,45,46,48)(H,49,54,55)/t31-/m0/s1. The molecule has 0 unspecified atom stereocenters. The predicted molar refractivity (Wildman–Crippen MR) is 229 cm³/mol. The first-order valence-electron chi connectivity index (χ1n) is 20.3. The van der Waals surface area contributed by atoms with Gasteiger partial charge in [-0.25, -0.2) is 32.7 Å². The van der Waals surface area contributed by atoms with Gasteiger partial charge in [0, 0.05) is 62.0 Å². The van der Waals surface area contributed by atoms with Gasteiger partial charge >= 0.3 is 0 Å². The third kappa shape index (κ3) is 8.87. The Labute approximate surface area is 351 Å². The SMILES string of the molecule is CCCS(=O)(=O)Nc1cccc(-c2nc(-c3ccc(C4CCN(C(=O)C5CCN(c6ccc([C@@H]7CCC(=O)NC7=O)cn6)CC5)CC4)cc3)sc2-c2ccnc(N)n2)c1F. The van der Waals surface area contributed by atoms with Crippen LogP contribution in [0, 0.1) is 11.7 Å². The number of sulfonamides is 1. The molecule has 0 radical (unpaired) electrons. The Hall–Kier alpha value is -5.81. The summed E-state index contributed by atoms with van der Waals surface area (Å²) in [6.07, 6.45) is 7.65. The van der Waals surface area contributed by atoms with Crippen LogP contribution in [0.4, 0.5) is 21.8 Å². The Morgan fingerprint density at radius 2 is 1.68 bits per heavy atom. The van der Waals surface area contributed by atoms with Crippen LogP contribution in [-0.2, 0) is 24.4 Å². The van der Waals surface area contributed by atoms with Crippen LogP contribution in [0.15, 0.2) is 73.1 Å². The third-order valence-electron chi connectivity index (χ3n) is 11.5. The lowest BCUT2D eigenvalue weighted by Gasteiger charge is -2.37. The maximum atomic E-state index is 16.1. The predicted octanol–water partition coefficient (Wildman–Crippen LogP) is 6.34. The first kappa shape index (κ1) is 40.9. The molecule has 5 aromatic rings. The smallest absolute Gasteiger partial charge is 0.234 e. The monoisotopic (exact) mass is 851 g/mol. The molecular weight excluding hydrogens is 806 g/mol. The van der Waals surface area contributed by atoms with Crippen LogP contribution < -0.4 is 20.7 Å². The topological polar surface area (TPSA) is 193 Å². The molecule has 0 saturated carbocycles. The highest BCUT2D eigenvalue weighted by Gasteiger charge is 2.33. The van der Waals surface area contributed by atoms with E-state index in [9.17, 15) is 22.8 Å². The highest BCUT2D eigenvalue weighted by atomic mass is 32.2. The first-order chi connectivity index (χ1) is 29.0. The van der Waals surface area contributed by atoms with E-state index in [1.54, 1.807) is 31.3 Å². The van der Waals surface area contributed by atoms with Crippen LogP contribution in [0.3, 0.4) is 0 Å². The average Bonchev–Trinajstić information content (AvgIpc) is 3.70. The van der Waals surface area contributed by atoms with E-state index < -0.39 is 15.8 Å². The molecule has 0 bridgehead atoms. The quantitative estimate of drug-likeness (QED) is 0.126. The van der Waals surface area contributed by atoms with Crippen molar-refractivity contribution in [3.63, 3.8) is 0 Å². The lowest BCUT2D eigenvalue weighted by Crippen LogP contribution is -2.45. The number of hydrogen-bond acceptors (Lipinski definition) is 12. The fraction of sp³-hybridized carbons (Fsp3) is 0.372. The van der Waals surface area contributed by atoms with Crippen molar-refractivity contribution in [3.05, 3.63) is 90.0 Å². The minimum absolute atomic E-state index is 0.0343. The molecule has 60 heavy (non-hydrogen) atoms. The molecule has 1 atom stereocenters. The number of carbonyl (C=O) groups is 3. The van der Waals surface area contributed by atoms with E-state index in [1.165, 1.54) is 29.2 Å². The molecule has 6 heterocycles. The number of likely N-dealkylation sites (tertiary alicyclic amines) is 1. The number of nitrogens with two attached hydrogens (primary N) is 1. The van der Waals surface area contributed by atoms with Gasteiger partial charge in [-0.1, -0.05) is 43.3 Å². The van der Waals surface area contributed by atoms with E-state index in [-0.39, 0.29) is 52.5 Å². The van der Waals surface area contributed by atoms with Crippen molar-refractivity contribution >= 4 is 56.5 Å². The molecule has 3 saturated heterocycles. The Morgan fingerprint density at radius 1 is 0.933 bits per heavy atom. The number of imide groups is 1. The Bertz CT molecular complexity index is 2500. The molecule has 3 aromatic heterocycles. The Balaban J connectivity index is 0.898. The zero-order valence-corrected chi connectivity index (χ0v) is 34.8. The van der Waals surface area contributed by atoms with Crippen molar-refractivity contribution in [2.75, 3.05) is 47.3 Å². The molecule has 312 valence electrons. The molecule has 2 aromatic carbocycles. The molecule has 0 aliphatic carbocycles. The van der Waals surface area contributed by atoms with Gasteiger partial charge in [0.05, 0.1) is 33.6 Å². The number of carbonyl (C=O) groups excluding carboxylic acids is 3. The van der Waals surface area contributed by atoms with Gasteiger partial charge in [0.25, 0.3) is 0 Å². The summed E-state index contributed by atoms with van der Waals surface area (Å²) in [5.41, 5.74) is 9.49. The van der Waals surface area contributed by atoms with Crippen molar-refractivity contribution < 1.29 is 27.2 Å². The lowest BCUT2D eigenvalue weighted by molar-refractivity contribution is -0.137. The number of benzene rings is 2. The van der Waals surface area contributed by atoms with Crippen LogP contribution in [0.1, 0.15) is 74.8 Å². The summed E-state index contributed by atoms with van der Waals surface area (Å²) in [6.45, 7) is 4.57. The van der Waals surface area contributed by atoms with Gasteiger partial charge in [-0.15, -0.1) is 11.3 Å². The maximum absolute atomic E-state index is 16.1. The van der Waals surface area contributed by atoms with Crippen molar-refractivity contribution in [2.24, 2.45) is 5.92 Å². The molecule has 4 N–H and O–H groups in total. The number of rotatable bonds is 11. The van der Waals surface area contributed by atoms with Gasteiger partial charge in [-0.2, -0.15) is 0 Å². The molecule has 17 heteroatoms. The minimum Gasteiger partial charge on any atom is -0.368 e. The molecule has 3 aliphatic heterocycles. The van der Waals surface area contributed by atoms with E-state index in [0.717, 1.165) is 55.7 Å². The summed E-state index contributed by atoms with van der Waals surface area (Å²) in [6, 6.07) is 18.2. The number of nitrogens with zero attached hydrogens (tertiary/aromatic N) is 6. The van der Waals surface area contributed by atoms with E-state index in [2.05, 4.69) is 42.0 Å². The fourth-order valence-corrected chi connectivity index (χ4v) is 10.5. The normalized spacial score (nSPS) is 18.1. The van der Waals surface area contributed by atoms with Gasteiger partial charge in [0.1, 0.15) is 10.8 Å². The summed E-state index contributed by atoms with van der Waals surface area (Å²) in [5, 5.41) is 3.04. The second-order valence-electron chi connectivity index (χ2n) is 15.5. The molecule has 8 rings (SSSR count). The molecule has 3 fully saturated rings. The summed E-state index contributed by atoms with van der Waals surface area (Å²) < 4.78 is 43.5. The average molecular weight is 852 g/mol. The zero-order valence-electron chi connectivity index (χ0n) is 33.1. The molecule has 14 nitrogen and oxygen atoms in total. The largest absolute Gasteiger partial charge is 0.368 e. The van der Waals surface area contributed by atoms with Crippen LogP contribution in [0.5, 0.6) is 0 Å². The summed E-state index contributed by atoms with van der Waals surface area (Å²) in [5.74, 6) is -0.401. The number of thiazole rings is 1. The number of piperidine rings is 3. The van der Waals surface area contributed by atoms with Gasteiger partial charge in [-0.05, 0) is 79.8 Å². The summed E-state index contributed by atoms with van der Waals surface area (Å²) in [7, 11) is -3.74. The number of hydrogen-bond donors (Lipinski definition) is 3. The second kappa shape index (κ2) is 17.4. The highest BCUT2D eigenvalue weighted by molar-refractivity contribution is 7.92. The summed E-state index contributed by atoms with van der Waals surface area (Å²) in [4.78, 5) is 60.1. The van der Waals surface area contributed by atoms with E-state index in [4.69, 9.17) is 10.7 Å². The molecule has 3 amide bonds.